The molecule has 0 fully saturated rings. The summed E-state index contributed by atoms with van der Waals surface area (Å²) in [6.07, 6.45) is 0. The highest BCUT2D eigenvalue weighted by Crippen LogP contribution is 2.10. The van der Waals surface area contributed by atoms with Crippen molar-refractivity contribution in [1.29, 1.82) is 0 Å². The molecule has 5 nitrogen and oxygen atoms in total. The summed E-state index contributed by atoms with van der Waals surface area (Å²) >= 11 is 0. The Morgan fingerprint density at radius 1 is 1.41 bits per heavy atom. The standard InChI is InChI=1S/C11H13FN2O3/c1-6(11(16)17-2)14-10(15)7-3-8(12)5-9(13)4-7/h3-6H,13H2,1-2H3,(H,14,15). The number of nitrogens with two attached hydrogens (primary N) is 1. The smallest absolute Gasteiger partial charge is 0.328 e. The molecule has 0 aromatic heterocycles. The summed E-state index contributed by atoms with van der Waals surface area (Å²) in [5.74, 6) is -1.78. The van der Waals surface area contributed by atoms with Crippen molar-refractivity contribution < 1.29 is 18.7 Å². The van der Waals surface area contributed by atoms with E-state index in [0.717, 1.165) is 12.1 Å². The fraction of sp³-hybridized carbons (Fsp3) is 0.273. The van der Waals surface area contributed by atoms with Gasteiger partial charge in [-0.05, 0) is 25.1 Å². The number of carbonyl (C=O) groups excluding carboxylic acids is 2. The van der Waals surface area contributed by atoms with Gasteiger partial charge in [-0.15, -0.1) is 0 Å². The van der Waals surface area contributed by atoms with Crippen LogP contribution in [0.1, 0.15) is 17.3 Å². The number of ether oxygens (including phenoxy) is 1. The molecule has 1 amide bonds. The zero-order valence-electron chi connectivity index (χ0n) is 9.49. The van der Waals surface area contributed by atoms with Crippen LogP contribution in [0.15, 0.2) is 18.2 Å². The maximum atomic E-state index is 13.0. The molecule has 1 aromatic rings. The molecule has 0 saturated carbocycles. The third kappa shape index (κ3) is 3.44. The monoisotopic (exact) mass is 240 g/mol. The van der Waals surface area contributed by atoms with E-state index in [0.29, 0.717) is 0 Å². The van der Waals surface area contributed by atoms with E-state index in [1.807, 2.05) is 0 Å². The molecule has 3 N–H and O–H groups in total. The van der Waals surface area contributed by atoms with Crippen molar-refractivity contribution in [2.24, 2.45) is 0 Å². The number of carbonyl (C=O) groups is 2. The minimum atomic E-state index is -0.808. The van der Waals surface area contributed by atoms with Crippen LogP contribution in [-0.2, 0) is 9.53 Å². The molecule has 6 heteroatoms. The Kier molecular flexibility index (Phi) is 4.03. The molecular formula is C11H13FN2O3. The third-order valence-electron chi connectivity index (χ3n) is 2.08. The van der Waals surface area contributed by atoms with Crippen molar-refractivity contribution in [2.75, 3.05) is 12.8 Å². The summed E-state index contributed by atoms with van der Waals surface area (Å²) in [6, 6.07) is 2.65. The lowest BCUT2D eigenvalue weighted by Crippen LogP contribution is -2.39. The van der Waals surface area contributed by atoms with Crippen molar-refractivity contribution in [3.8, 4) is 0 Å². The maximum absolute atomic E-state index is 13.0. The number of rotatable bonds is 3. The Labute approximate surface area is 97.7 Å². The normalized spacial score (nSPS) is 11.7. The molecule has 1 rings (SSSR count). The lowest BCUT2D eigenvalue weighted by atomic mass is 10.1. The lowest BCUT2D eigenvalue weighted by Gasteiger charge is -2.11. The Hall–Kier alpha value is -2.11. The third-order valence-corrected chi connectivity index (χ3v) is 2.08. The van der Waals surface area contributed by atoms with Gasteiger partial charge >= 0.3 is 5.97 Å². The van der Waals surface area contributed by atoms with Crippen LogP contribution in [0, 0.1) is 5.82 Å². The predicted octanol–water partition coefficient (Wildman–Crippen LogP) is 0.699. The zero-order valence-corrected chi connectivity index (χ0v) is 9.49. The fourth-order valence-electron chi connectivity index (χ4n) is 1.26. The number of esters is 1. The van der Waals surface area contributed by atoms with E-state index < -0.39 is 23.7 Å². The van der Waals surface area contributed by atoms with Crippen LogP contribution in [0.3, 0.4) is 0 Å². The fourth-order valence-corrected chi connectivity index (χ4v) is 1.26. The van der Waals surface area contributed by atoms with Crippen molar-refractivity contribution in [1.82, 2.24) is 5.32 Å². The van der Waals surface area contributed by atoms with Crippen molar-refractivity contribution in [2.45, 2.75) is 13.0 Å². The highest BCUT2D eigenvalue weighted by molar-refractivity contribution is 5.97. The molecule has 0 heterocycles. The molecule has 0 bridgehead atoms. The first-order valence-electron chi connectivity index (χ1n) is 4.89. The van der Waals surface area contributed by atoms with Gasteiger partial charge in [-0.1, -0.05) is 0 Å². The molecule has 1 unspecified atom stereocenters. The van der Waals surface area contributed by atoms with Gasteiger partial charge in [0.15, 0.2) is 0 Å². The van der Waals surface area contributed by atoms with Crippen molar-refractivity contribution >= 4 is 17.6 Å². The number of nitrogen functional groups attached to an aromatic ring is 1. The van der Waals surface area contributed by atoms with Crippen LogP contribution in [-0.4, -0.2) is 25.0 Å². The molecule has 0 aliphatic heterocycles. The van der Waals surface area contributed by atoms with E-state index in [2.05, 4.69) is 10.1 Å². The number of halogens is 1. The number of nitrogens with one attached hydrogen (secondary N) is 1. The SMILES string of the molecule is COC(=O)C(C)NC(=O)c1cc(N)cc(F)c1. The first kappa shape index (κ1) is 13.0. The van der Waals surface area contributed by atoms with E-state index in [9.17, 15) is 14.0 Å². The zero-order chi connectivity index (χ0) is 13.0. The Morgan fingerprint density at radius 3 is 2.59 bits per heavy atom. The number of benzene rings is 1. The molecule has 0 radical (unpaired) electrons. The van der Waals surface area contributed by atoms with E-state index in [1.165, 1.54) is 20.1 Å². The van der Waals surface area contributed by atoms with Crippen LogP contribution in [0.4, 0.5) is 10.1 Å². The van der Waals surface area contributed by atoms with Crippen LogP contribution in [0.2, 0.25) is 0 Å². The Bertz CT molecular complexity index is 428. The Balaban J connectivity index is 2.79. The second-order valence-corrected chi connectivity index (χ2v) is 3.49. The van der Waals surface area contributed by atoms with Gasteiger partial charge in [0.1, 0.15) is 11.9 Å². The van der Waals surface area contributed by atoms with Crippen molar-refractivity contribution in [3.63, 3.8) is 0 Å². The van der Waals surface area contributed by atoms with E-state index in [1.54, 1.807) is 0 Å². The molecule has 17 heavy (non-hydrogen) atoms. The molecular weight excluding hydrogens is 227 g/mol. The molecule has 92 valence electrons. The number of hydrogen-bond acceptors (Lipinski definition) is 4. The molecule has 1 atom stereocenters. The first-order valence-corrected chi connectivity index (χ1v) is 4.89. The van der Waals surface area contributed by atoms with Crippen LogP contribution >= 0.6 is 0 Å². The molecule has 0 spiro atoms. The summed E-state index contributed by atoms with van der Waals surface area (Å²) < 4.78 is 17.4. The van der Waals surface area contributed by atoms with Crippen LogP contribution in [0.25, 0.3) is 0 Å². The number of anilines is 1. The summed E-state index contributed by atoms with van der Waals surface area (Å²) in [6.45, 7) is 1.46. The van der Waals surface area contributed by atoms with E-state index >= 15 is 0 Å². The van der Waals surface area contributed by atoms with Crippen LogP contribution in [0.5, 0.6) is 0 Å². The lowest BCUT2D eigenvalue weighted by molar-refractivity contribution is -0.142. The summed E-state index contributed by atoms with van der Waals surface area (Å²) in [5, 5.41) is 2.37. The maximum Gasteiger partial charge on any atom is 0.328 e. The summed E-state index contributed by atoms with van der Waals surface area (Å²) in [5.41, 5.74) is 5.60. The van der Waals surface area contributed by atoms with Crippen LogP contribution < -0.4 is 11.1 Å². The van der Waals surface area contributed by atoms with Gasteiger partial charge in [-0.25, -0.2) is 9.18 Å². The van der Waals surface area contributed by atoms with Crippen molar-refractivity contribution in [3.05, 3.63) is 29.6 Å². The Morgan fingerprint density at radius 2 is 2.06 bits per heavy atom. The minimum Gasteiger partial charge on any atom is -0.467 e. The van der Waals surface area contributed by atoms with Gasteiger partial charge in [-0.2, -0.15) is 0 Å². The molecule has 0 aliphatic rings. The quantitative estimate of drug-likeness (QED) is 0.602. The van der Waals surface area contributed by atoms with Gasteiger partial charge in [0.25, 0.3) is 5.91 Å². The molecule has 0 aliphatic carbocycles. The minimum absolute atomic E-state index is 0.0539. The number of methoxy groups -OCH3 is 1. The number of amides is 1. The highest BCUT2D eigenvalue weighted by Gasteiger charge is 2.17. The average molecular weight is 240 g/mol. The van der Waals surface area contributed by atoms with Gasteiger partial charge in [0.2, 0.25) is 0 Å². The molecule has 0 saturated heterocycles. The predicted molar refractivity (Wildman–Crippen MR) is 59.8 cm³/mol. The van der Waals surface area contributed by atoms with Gasteiger partial charge in [0, 0.05) is 11.3 Å². The first-order chi connectivity index (χ1) is 7.93. The summed E-state index contributed by atoms with van der Waals surface area (Å²) in [4.78, 5) is 22.7. The van der Waals surface area contributed by atoms with Gasteiger partial charge in [-0.3, -0.25) is 4.79 Å². The second-order valence-electron chi connectivity index (χ2n) is 3.49. The largest absolute Gasteiger partial charge is 0.467 e. The van der Waals surface area contributed by atoms with Gasteiger partial charge in [0.05, 0.1) is 7.11 Å². The average Bonchev–Trinajstić information content (AvgIpc) is 2.26. The van der Waals surface area contributed by atoms with Gasteiger partial charge < -0.3 is 15.8 Å². The number of hydrogen-bond donors (Lipinski definition) is 2. The second kappa shape index (κ2) is 5.29. The summed E-state index contributed by atoms with van der Waals surface area (Å²) in [7, 11) is 1.21. The topological polar surface area (TPSA) is 81.4 Å². The van der Waals surface area contributed by atoms with E-state index in [-0.39, 0.29) is 11.3 Å². The van der Waals surface area contributed by atoms with E-state index in [4.69, 9.17) is 5.73 Å². The molecule has 1 aromatic carbocycles. The highest BCUT2D eigenvalue weighted by atomic mass is 19.1.